The van der Waals surface area contributed by atoms with E-state index in [-0.39, 0.29) is 6.10 Å². The van der Waals surface area contributed by atoms with Crippen molar-refractivity contribution in [1.82, 2.24) is 10.2 Å². The van der Waals surface area contributed by atoms with Crippen LogP contribution in [-0.2, 0) is 0 Å². The number of piperidine rings is 1. The van der Waals surface area contributed by atoms with Crippen molar-refractivity contribution >= 4 is 11.6 Å². The van der Waals surface area contributed by atoms with Crippen molar-refractivity contribution in [2.45, 2.75) is 31.4 Å². The van der Waals surface area contributed by atoms with Crippen molar-refractivity contribution in [1.29, 1.82) is 0 Å². The fraction of sp³-hybridized carbons (Fsp3) is 0.600. The number of aliphatic hydroxyl groups excluding tert-OH is 1. The molecule has 1 aliphatic heterocycles. The van der Waals surface area contributed by atoms with Crippen LogP contribution in [-0.4, -0.2) is 42.8 Å². The molecular formula is C15H23ClN2O. The molecule has 0 spiro atoms. The van der Waals surface area contributed by atoms with Crippen molar-refractivity contribution in [3.8, 4) is 0 Å². The third-order valence-corrected chi connectivity index (χ3v) is 4.09. The van der Waals surface area contributed by atoms with Gasteiger partial charge in [-0.2, -0.15) is 0 Å². The van der Waals surface area contributed by atoms with Crippen molar-refractivity contribution in [3.63, 3.8) is 0 Å². The molecule has 1 saturated heterocycles. The smallest absolute Gasteiger partial charge is 0.0667 e. The highest BCUT2D eigenvalue weighted by Crippen LogP contribution is 2.20. The van der Waals surface area contributed by atoms with Gasteiger partial charge < -0.3 is 15.3 Å². The molecule has 1 aliphatic rings. The van der Waals surface area contributed by atoms with Crippen LogP contribution < -0.4 is 5.32 Å². The number of nitrogens with zero attached hydrogens (tertiary/aromatic N) is 1. The Labute approximate surface area is 120 Å². The van der Waals surface area contributed by atoms with Gasteiger partial charge in [-0.1, -0.05) is 23.7 Å². The minimum atomic E-state index is -0.141. The Kier molecular flexibility index (Phi) is 5.64. The Hall–Kier alpha value is -0.610. The second kappa shape index (κ2) is 7.25. The first-order valence-electron chi connectivity index (χ1n) is 7.02. The van der Waals surface area contributed by atoms with Gasteiger partial charge in [0.2, 0.25) is 0 Å². The summed E-state index contributed by atoms with van der Waals surface area (Å²) in [5, 5.41) is 13.8. The Morgan fingerprint density at radius 2 is 2.16 bits per heavy atom. The second-order valence-corrected chi connectivity index (χ2v) is 5.71. The number of nitrogens with one attached hydrogen (secondary N) is 1. The van der Waals surface area contributed by atoms with E-state index in [0.717, 1.165) is 43.9 Å². The molecule has 1 heterocycles. The van der Waals surface area contributed by atoms with Crippen LogP contribution in [0.2, 0.25) is 5.02 Å². The number of hydrogen-bond acceptors (Lipinski definition) is 3. The topological polar surface area (TPSA) is 35.5 Å². The van der Waals surface area contributed by atoms with Gasteiger partial charge in [0.1, 0.15) is 0 Å². The molecule has 0 amide bonds. The normalized spacial score (nSPS) is 22.4. The van der Waals surface area contributed by atoms with Crippen molar-refractivity contribution in [2.75, 3.05) is 26.7 Å². The Bertz CT molecular complexity index is 382. The molecule has 0 bridgehead atoms. The number of rotatable bonds is 5. The highest BCUT2D eigenvalue weighted by Gasteiger charge is 2.18. The fourth-order valence-corrected chi connectivity index (χ4v) is 2.84. The predicted octanol–water partition coefficient (Wildman–Crippen LogP) is 2.45. The second-order valence-electron chi connectivity index (χ2n) is 5.28. The largest absolute Gasteiger partial charge is 0.392 e. The van der Waals surface area contributed by atoms with Gasteiger partial charge in [0.25, 0.3) is 0 Å². The van der Waals surface area contributed by atoms with Crippen LogP contribution in [0, 0.1) is 0 Å². The molecule has 0 aromatic heterocycles. The summed E-state index contributed by atoms with van der Waals surface area (Å²) in [6.45, 7) is 2.94. The van der Waals surface area contributed by atoms with Crippen LogP contribution in [0.25, 0.3) is 0 Å². The average molecular weight is 283 g/mol. The van der Waals surface area contributed by atoms with E-state index in [2.05, 4.69) is 22.3 Å². The summed E-state index contributed by atoms with van der Waals surface area (Å²) < 4.78 is 0. The zero-order valence-corrected chi connectivity index (χ0v) is 12.2. The number of hydrogen-bond donors (Lipinski definition) is 2. The maximum atomic E-state index is 9.68. The maximum Gasteiger partial charge on any atom is 0.0667 e. The quantitative estimate of drug-likeness (QED) is 0.871. The number of likely N-dealkylation sites (tertiary alicyclic amines) is 1. The van der Waals surface area contributed by atoms with E-state index in [1.807, 2.05) is 19.2 Å². The Morgan fingerprint density at radius 3 is 2.79 bits per heavy atom. The number of halogens is 1. The number of β-amino-alcohol motifs (C(OH)–C–C–N with tert-alkyl or cyclic N) is 1. The van der Waals surface area contributed by atoms with E-state index in [1.165, 1.54) is 5.56 Å². The van der Waals surface area contributed by atoms with E-state index < -0.39 is 0 Å². The van der Waals surface area contributed by atoms with Crippen LogP contribution in [0.1, 0.15) is 30.9 Å². The van der Waals surface area contributed by atoms with Gasteiger partial charge in [-0.3, -0.25) is 0 Å². The van der Waals surface area contributed by atoms with E-state index in [1.54, 1.807) is 0 Å². The Morgan fingerprint density at radius 1 is 1.42 bits per heavy atom. The standard InChI is InChI=1S/C15H23ClN2O/c1-17-15(12-4-6-13(16)7-5-12)8-10-18-9-2-3-14(19)11-18/h4-7,14-15,17,19H,2-3,8-11H2,1H3. The zero-order valence-electron chi connectivity index (χ0n) is 11.5. The third kappa shape index (κ3) is 4.46. The van der Waals surface area contributed by atoms with Crippen LogP contribution in [0.3, 0.4) is 0 Å². The lowest BCUT2D eigenvalue weighted by Crippen LogP contribution is -2.39. The van der Waals surface area contributed by atoms with E-state index in [0.29, 0.717) is 6.04 Å². The molecule has 2 rings (SSSR count). The number of aliphatic hydroxyl groups is 1. The van der Waals surface area contributed by atoms with Gasteiger partial charge in [-0.25, -0.2) is 0 Å². The average Bonchev–Trinajstić information content (AvgIpc) is 2.41. The van der Waals surface area contributed by atoms with Gasteiger partial charge in [0.15, 0.2) is 0 Å². The molecule has 3 nitrogen and oxygen atoms in total. The van der Waals surface area contributed by atoms with E-state index in [4.69, 9.17) is 11.6 Å². The molecule has 4 heteroatoms. The molecule has 2 N–H and O–H groups in total. The third-order valence-electron chi connectivity index (χ3n) is 3.84. The summed E-state index contributed by atoms with van der Waals surface area (Å²) >= 11 is 5.92. The zero-order chi connectivity index (χ0) is 13.7. The molecule has 2 atom stereocenters. The van der Waals surface area contributed by atoms with Crippen LogP contribution >= 0.6 is 11.6 Å². The van der Waals surface area contributed by atoms with Crippen LogP contribution in [0.15, 0.2) is 24.3 Å². The van der Waals surface area contributed by atoms with Crippen LogP contribution in [0.5, 0.6) is 0 Å². The maximum absolute atomic E-state index is 9.68. The van der Waals surface area contributed by atoms with Crippen molar-refractivity contribution in [3.05, 3.63) is 34.9 Å². The minimum Gasteiger partial charge on any atom is -0.392 e. The fourth-order valence-electron chi connectivity index (χ4n) is 2.72. The summed E-state index contributed by atoms with van der Waals surface area (Å²) in [4.78, 5) is 2.36. The summed E-state index contributed by atoms with van der Waals surface area (Å²) in [7, 11) is 1.99. The minimum absolute atomic E-state index is 0.141. The summed E-state index contributed by atoms with van der Waals surface area (Å²) in [5.41, 5.74) is 1.27. The number of benzene rings is 1. The van der Waals surface area contributed by atoms with Gasteiger partial charge >= 0.3 is 0 Å². The van der Waals surface area contributed by atoms with Gasteiger partial charge in [-0.05, 0) is 50.6 Å². The van der Waals surface area contributed by atoms with Crippen molar-refractivity contribution < 1.29 is 5.11 Å². The highest BCUT2D eigenvalue weighted by atomic mass is 35.5. The Balaban J connectivity index is 1.87. The first-order chi connectivity index (χ1) is 9.19. The molecule has 1 aromatic carbocycles. The predicted molar refractivity (Wildman–Crippen MR) is 79.6 cm³/mol. The molecule has 1 aromatic rings. The molecule has 106 valence electrons. The van der Waals surface area contributed by atoms with Gasteiger partial charge in [0, 0.05) is 24.2 Å². The van der Waals surface area contributed by atoms with E-state index >= 15 is 0 Å². The van der Waals surface area contributed by atoms with Gasteiger partial charge in [0.05, 0.1) is 6.10 Å². The lowest BCUT2D eigenvalue weighted by atomic mass is 10.0. The molecule has 0 radical (unpaired) electrons. The molecule has 1 fully saturated rings. The van der Waals surface area contributed by atoms with Crippen molar-refractivity contribution in [2.24, 2.45) is 0 Å². The molecule has 19 heavy (non-hydrogen) atoms. The molecule has 2 unspecified atom stereocenters. The first-order valence-corrected chi connectivity index (χ1v) is 7.40. The monoisotopic (exact) mass is 282 g/mol. The van der Waals surface area contributed by atoms with Gasteiger partial charge in [-0.15, -0.1) is 0 Å². The highest BCUT2D eigenvalue weighted by molar-refractivity contribution is 6.30. The lowest BCUT2D eigenvalue weighted by Gasteiger charge is -2.31. The summed E-state index contributed by atoms with van der Waals surface area (Å²) in [5.74, 6) is 0. The summed E-state index contributed by atoms with van der Waals surface area (Å²) in [6, 6.07) is 8.37. The summed E-state index contributed by atoms with van der Waals surface area (Å²) in [6.07, 6.45) is 2.96. The molecule has 0 aliphatic carbocycles. The SMILES string of the molecule is CNC(CCN1CCCC(O)C1)c1ccc(Cl)cc1. The molecular weight excluding hydrogens is 260 g/mol. The van der Waals surface area contributed by atoms with Crippen LogP contribution in [0.4, 0.5) is 0 Å². The lowest BCUT2D eigenvalue weighted by molar-refractivity contribution is 0.0687. The first kappa shape index (κ1) is 14.8. The molecule has 0 saturated carbocycles. The van der Waals surface area contributed by atoms with E-state index in [9.17, 15) is 5.11 Å².